The number of rotatable bonds is 6. The highest BCUT2D eigenvalue weighted by Crippen LogP contribution is 2.28. The molecule has 0 aliphatic rings. The lowest BCUT2D eigenvalue weighted by atomic mass is 10.2. The molecule has 10 heteroatoms. The van der Waals surface area contributed by atoms with Gasteiger partial charge in [-0.05, 0) is 42.5 Å². The van der Waals surface area contributed by atoms with E-state index in [1.54, 1.807) is 24.5 Å². The Morgan fingerprint density at radius 2 is 1.77 bits per heavy atom. The maximum atomic E-state index is 13.5. The number of furan rings is 1. The second-order valence-corrected chi connectivity index (χ2v) is 6.41. The smallest absolute Gasteiger partial charge is 0.335 e. The second kappa shape index (κ2) is 8.19. The Bertz CT molecular complexity index is 1230. The summed E-state index contributed by atoms with van der Waals surface area (Å²) < 4.78 is 33.5. The van der Waals surface area contributed by atoms with Gasteiger partial charge in [0.1, 0.15) is 12.0 Å². The van der Waals surface area contributed by atoms with Gasteiger partial charge in [0.2, 0.25) is 0 Å². The van der Waals surface area contributed by atoms with Crippen LogP contribution in [0.25, 0.3) is 17.0 Å². The number of hydrogen-bond acceptors (Lipinski definition) is 5. The van der Waals surface area contributed by atoms with Crippen molar-refractivity contribution in [2.75, 3.05) is 5.32 Å². The summed E-state index contributed by atoms with van der Waals surface area (Å²) in [5.41, 5.74) is 0.465. The summed E-state index contributed by atoms with van der Waals surface area (Å²) in [6.07, 6.45) is 2.67. The molecule has 2 N–H and O–H groups in total. The summed E-state index contributed by atoms with van der Waals surface area (Å²) in [5.74, 6) is -1.33. The fourth-order valence-corrected chi connectivity index (χ4v) is 2.85. The Labute approximate surface area is 173 Å². The average Bonchev–Trinajstić information content (AvgIpc) is 3.42. The summed E-state index contributed by atoms with van der Waals surface area (Å²) >= 11 is 0. The number of aromatic carboxylic acids is 1. The summed E-state index contributed by atoms with van der Waals surface area (Å²) in [7, 11) is 0. The van der Waals surface area contributed by atoms with Crippen LogP contribution in [0.4, 0.5) is 14.5 Å². The molecule has 4 rings (SSSR count). The molecule has 8 nitrogen and oxygen atoms in total. The van der Waals surface area contributed by atoms with Crippen LogP contribution in [-0.2, 0) is 0 Å². The molecule has 0 aliphatic carbocycles. The highest BCUT2D eigenvalue weighted by molar-refractivity contribution is 6.05. The van der Waals surface area contributed by atoms with Crippen molar-refractivity contribution in [3.8, 4) is 17.0 Å². The summed E-state index contributed by atoms with van der Waals surface area (Å²) in [5, 5.41) is 15.2. The van der Waals surface area contributed by atoms with Gasteiger partial charge in [0.25, 0.3) is 12.3 Å². The molecule has 1 aromatic carbocycles. The van der Waals surface area contributed by atoms with Gasteiger partial charge in [-0.2, -0.15) is 5.10 Å². The number of benzene rings is 1. The largest absolute Gasteiger partial charge is 0.478 e. The van der Waals surface area contributed by atoms with E-state index >= 15 is 0 Å². The third kappa shape index (κ3) is 4.17. The molecular weight excluding hydrogens is 410 g/mol. The second-order valence-electron chi connectivity index (χ2n) is 6.41. The highest BCUT2D eigenvalue weighted by Gasteiger charge is 2.22. The van der Waals surface area contributed by atoms with Crippen LogP contribution in [0, 0.1) is 0 Å². The molecule has 1 amide bonds. The van der Waals surface area contributed by atoms with Crippen molar-refractivity contribution >= 4 is 17.6 Å². The number of alkyl halides is 2. The molecule has 156 valence electrons. The molecule has 4 aromatic rings. The lowest BCUT2D eigenvalue weighted by Crippen LogP contribution is -2.11. The number of halogens is 2. The number of aromatic nitrogens is 3. The van der Waals surface area contributed by atoms with Crippen LogP contribution in [0.2, 0.25) is 0 Å². The van der Waals surface area contributed by atoms with E-state index < -0.39 is 24.0 Å². The number of carboxylic acids is 1. The van der Waals surface area contributed by atoms with Gasteiger partial charge in [0, 0.05) is 18.0 Å². The van der Waals surface area contributed by atoms with E-state index in [2.05, 4.69) is 15.4 Å². The number of carbonyl (C=O) groups is 2. The van der Waals surface area contributed by atoms with Crippen LogP contribution in [-0.4, -0.2) is 31.7 Å². The van der Waals surface area contributed by atoms with Crippen LogP contribution in [0.3, 0.4) is 0 Å². The van der Waals surface area contributed by atoms with Crippen LogP contribution in [0.15, 0.2) is 71.7 Å². The van der Waals surface area contributed by atoms with Crippen molar-refractivity contribution in [2.45, 2.75) is 6.43 Å². The molecular formula is C21H14F2N4O4. The SMILES string of the molecule is O=C(O)c1ccc(-n2cc(NC(=O)c3coc(-c4ccncc4)c3)c(C(F)F)n2)cc1. The average molecular weight is 424 g/mol. The van der Waals surface area contributed by atoms with Crippen molar-refractivity contribution in [3.05, 3.63) is 84.1 Å². The Morgan fingerprint density at radius 3 is 2.42 bits per heavy atom. The van der Waals surface area contributed by atoms with Gasteiger partial charge in [-0.25, -0.2) is 18.3 Å². The Kier molecular flexibility index (Phi) is 5.27. The lowest BCUT2D eigenvalue weighted by Gasteiger charge is -2.02. The van der Waals surface area contributed by atoms with Gasteiger partial charge in [-0.3, -0.25) is 9.78 Å². The molecule has 3 heterocycles. The minimum atomic E-state index is -2.94. The van der Waals surface area contributed by atoms with Crippen LogP contribution >= 0.6 is 0 Å². The molecule has 0 bridgehead atoms. The summed E-state index contributed by atoms with van der Waals surface area (Å²) in [6, 6.07) is 10.4. The van der Waals surface area contributed by atoms with Crippen molar-refractivity contribution in [1.82, 2.24) is 14.8 Å². The number of carboxylic acid groups (broad SMARTS) is 1. The number of pyridine rings is 1. The first-order valence-electron chi connectivity index (χ1n) is 8.94. The van der Waals surface area contributed by atoms with Crippen molar-refractivity contribution in [1.29, 1.82) is 0 Å². The zero-order chi connectivity index (χ0) is 22.0. The molecule has 31 heavy (non-hydrogen) atoms. The van der Waals surface area contributed by atoms with E-state index in [1.165, 1.54) is 42.8 Å². The quantitative estimate of drug-likeness (QED) is 0.474. The van der Waals surface area contributed by atoms with E-state index in [4.69, 9.17) is 9.52 Å². The normalized spacial score (nSPS) is 10.9. The number of carbonyl (C=O) groups excluding carboxylic acids is 1. The van der Waals surface area contributed by atoms with E-state index in [0.717, 1.165) is 4.68 Å². The predicted molar refractivity (Wildman–Crippen MR) is 105 cm³/mol. The molecule has 0 saturated carbocycles. The van der Waals surface area contributed by atoms with Crippen molar-refractivity contribution in [3.63, 3.8) is 0 Å². The third-order valence-corrected chi connectivity index (χ3v) is 4.40. The molecule has 0 unspecified atom stereocenters. The minimum absolute atomic E-state index is 0.0449. The molecule has 0 spiro atoms. The van der Waals surface area contributed by atoms with E-state index in [9.17, 15) is 18.4 Å². The highest BCUT2D eigenvalue weighted by atomic mass is 19.3. The zero-order valence-corrected chi connectivity index (χ0v) is 15.7. The topological polar surface area (TPSA) is 110 Å². The fraction of sp³-hybridized carbons (Fsp3) is 0.0476. The van der Waals surface area contributed by atoms with Gasteiger partial charge < -0.3 is 14.8 Å². The van der Waals surface area contributed by atoms with Gasteiger partial charge in [0.05, 0.1) is 28.7 Å². The minimum Gasteiger partial charge on any atom is -0.478 e. The van der Waals surface area contributed by atoms with Gasteiger partial charge in [-0.15, -0.1) is 0 Å². The number of nitrogens with zero attached hydrogens (tertiary/aromatic N) is 3. The Hall–Kier alpha value is -4.34. The van der Waals surface area contributed by atoms with Crippen LogP contribution < -0.4 is 5.32 Å². The maximum Gasteiger partial charge on any atom is 0.335 e. The zero-order valence-electron chi connectivity index (χ0n) is 15.7. The van der Waals surface area contributed by atoms with Crippen LogP contribution in [0.1, 0.15) is 32.8 Å². The van der Waals surface area contributed by atoms with E-state index in [0.29, 0.717) is 17.0 Å². The first-order valence-corrected chi connectivity index (χ1v) is 8.94. The lowest BCUT2D eigenvalue weighted by molar-refractivity contribution is 0.0696. The molecule has 0 aliphatic heterocycles. The monoisotopic (exact) mass is 424 g/mol. The maximum absolute atomic E-state index is 13.5. The molecule has 0 radical (unpaired) electrons. The fourth-order valence-electron chi connectivity index (χ4n) is 2.85. The Morgan fingerprint density at radius 1 is 1.06 bits per heavy atom. The van der Waals surface area contributed by atoms with Gasteiger partial charge in [-0.1, -0.05) is 0 Å². The first kappa shape index (κ1) is 20.0. The Balaban J connectivity index is 1.58. The summed E-state index contributed by atoms with van der Waals surface area (Å²) in [4.78, 5) is 27.4. The van der Waals surface area contributed by atoms with Crippen LogP contribution in [0.5, 0.6) is 0 Å². The van der Waals surface area contributed by atoms with E-state index in [1.807, 2.05) is 0 Å². The van der Waals surface area contributed by atoms with Gasteiger partial charge in [0.15, 0.2) is 5.69 Å². The number of nitrogens with one attached hydrogen (secondary N) is 1. The first-order chi connectivity index (χ1) is 14.9. The molecule has 0 fully saturated rings. The number of amides is 1. The summed E-state index contributed by atoms with van der Waals surface area (Å²) in [6.45, 7) is 0. The standard InChI is InChI=1S/C21H14F2N4O4/c22-19(23)18-16(10-27(26-18)15-3-1-13(2-4-15)21(29)30)25-20(28)14-9-17(31-11-14)12-5-7-24-8-6-12/h1-11,19H,(H,25,28)(H,29,30). The van der Waals surface area contributed by atoms with Gasteiger partial charge >= 0.3 is 5.97 Å². The van der Waals surface area contributed by atoms with Crippen molar-refractivity contribution in [2.24, 2.45) is 0 Å². The predicted octanol–water partition coefficient (Wildman–Crippen LogP) is 4.42. The molecule has 3 aromatic heterocycles. The number of anilines is 1. The van der Waals surface area contributed by atoms with Crippen molar-refractivity contribution < 1.29 is 27.9 Å². The molecule has 0 atom stereocenters. The molecule has 0 saturated heterocycles. The third-order valence-electron chi connectivity index (χ3n) is 4.40. The van der Waals surface area contributed by atoms with E-state index in [-0.39, 0.29) is 16.8 Å². The number of hydrogen-bond donors (Lipinski definition) is 2.